The van der Waals surface area contributed by atoms with E-state index in [0.29, 0.717) is 12.2 Å². The topological polar surface area (TPSA) is 22.1 Å². The van der Waals surface area contributed by atoms with Crippen molar-refractivity contribution in [2.45, 2.75) is 13.3 Å². The van der Waals surface area contributed by atoms with E-state index in [4.69, 9.17) is 4.74 Å². The van der Waals surface area contributed by atoms with Crippen molar-refractivity contribution >= 4 is 0 Å². The first-order valence-electron chi connectivity index (χ1n) is 6.14. The van der Waals surface area contributed by atoms with Crippen LogP contribution in [0.2, 0.25) is 0 Å². The van der Waals surface area contributed by atoms with E-state index in [9.17, 15) is 4.39 Å². The minimum atomic E-state index is -0.497. The molecule has 1 aromatic carbocycles. The molecule has 96 valence electrons. The molecule has 2 aromatic rings. The van der Waals surface area contributed by atoms with Crippen LogP contribution in [-0.2, 0) is 0 Å². The summed E-state index contributed by atoms with van der Waals surface area (Å²) in [6.07, 6.45) is 2.40. The fourth-order valence-corrected chi connectivity index (χ4v) is 1.45. The van der Waals surface area contributed by atoms with Crippen molar-refractivity contribution in [3.63, 3.8) is 0 Å². The second-order valence-electron chi connectivity index (χ2n) is 3.99. The average Bonchev–Trinajstić information content (AvgIpc) is 2.46. The summed E-state index contributed by atoms with van der Waals surface area (Å²) < 4.78 is 18.1. The van der Waals surface area contributed by atoms with Gasteiger partial charge in [-0.15, -0.1) is 0 Å². The molecule has 0 aliphatic rings. The molecule has 0 bridgehead atoms. The lowest BCUT2D eigenvalue weighted by molar-refractivity contribution is 0.317. The molecule has 0 spiro atoms. The van der Waals surface area contributed by atoms with Crippen molar-refractivity contribution in [1.82, 2.24) is 4.98 Å². The van der Waals surface area contributed by atoms with Crippen LogP contribution >= 0.6 is 0 Å². The third-order valence-electron chi connectivity index (χ3n) is 2.41. The van der Waals surface area contributed by atoms with Gasteiger partial charge in [-0.2, -0.15) is 4.39 Å². The molecule has 0 saturated carbocycles. The Morgan fingerprint density at radius 2 is 1.74 bits per heavy atom. The van der Waals surface area contributed by atoms with Crippen LogP contribution in [0, 0.1) is 17.8 Å². The summed E-state index contributed by atoms with van der Waals surface area (Å²) in [5, 5.41) is 0. The van der Waals surface area contributed by atoms with Crippen LogP contribution in [0.15, 0.2) is 42.6 Å². The lowest BCUT2D eigenvalue weighted by Gasteiger charge is -2.03. The summed E-state index contributed by atoms with van der Waals surface area (Å²) in [7, 11) is 0. The Morgan fingerprint density at radius 1 is 1.05 bits per heavy atom. The maximum absolute atomic E-state index is 12.6. The molecule has 0 N–H and O–H groups in total. The largest absolute Gasteiger partial charge is 0.494 e. The summed E-state index contributed by atoms with van der Waals surface area (Å²) in [5.74, 6) is 6.27. The predicted octanol–water partition coefficient (Wildman–Crippen LogP) is 3.41. The molecule has 0 atom stereocenters. The third-order valence-corrected chi connectivity index (χ3v) is 2.41. The summed E-state index contributed by atoms with van der Waals surface area (Å²) in [5.41, 5.74) is 1.57. The molecule has 0 unspecified atom stereocenters. The smallest absolute Gasteiger partial charge is 0.212 e. The van der Waals surface area contributed by atoms with Gasteiger partial charge in [0.2, 0.25) is 5.95 Å². The Labute approximate surface area is 112 Å². The van der Waals surface area contributed by atoms with Gasteiger partial charge in [0.05, 0.1) is 6.61 Å². The Morgan fingerprint density at radius 3 is 2.37 bits per heavy atom. The number of rotatable bonds is 3. The fraction of sp³-hybridized carbons (Fsp3) is 0.188. The SMILES string of the molecule is CCCOc1ccc(C#Cc2ccc(F)nc2)cc1. The standard InChI is InChI=1S/C16H14FNO/c1-2-11-19-15-8-5-13(6-9-15)3-4-14-7-10-16(17)18-12-14/h5-10,12H,2,11H2,1H3. The predicted molar refractivity (Wildman–Crippen MR) is 72.4 cm³/mol. The second kappa shape index (κ2) is 6.55. The summed E-state index contributed by atoms with van der Waals surface area (Å²) >= 11 is 0. The molecule has 1 heterocycles. The molecule has 3 heteroatoms. The Kier molecular flexibility index (Phi) is 4.52. The first kappa shape index (κ1) is 13.1. The average molecular weight is 255 g/mol. The highest BCUT2D eigenvalue weighted by Gasteiger charge is 1.93. The molecule has 2 rings (SSSR count). The number of nitrogens with zero attached hydrogens (tertiary/aromatic N) is 1. The van der Waals surface area contributed by atoms with Crippen molar-refractivity contribution in [3.05, 3.63) is 59.7 Å². The maximum atomic E-state index is 12.6. The van der Waals surface area contributed by atoms with E-state index in [0.717, 1.165) is 17.7 Å². The molecule has 2 nitrogen and oxygen atoms in total. The van der Waals surface area contributed by atoms with Gasteiger partial charge in [0.1, 0.15) is 5.75 Å². The molecule has 19 heavy (non-hydrogen) atoms. The van der Waals surface area contributed by atoms with Gasteiger partial charge >= 0.3 is 0 Å². The maximum Gasteiger partial charge on any atom is 0.212 e. The number of hydrogen-bond donors (Lipinski definition) is 0. The van der Waals surface area contributed by atoms with E-state index >= 15 is 0 Å². The Balaban J connectivity index is 2.05. The van der Waals surface area contributed by atoms with Gasteiger partial charge in [-0.05, 0) is 42.8 Å². The van der Waals surface area contributed by atoms with E-state index in [2.05, 4.69) is 23.7 Å². The minimum absolute atomic E-state index is 0.497. The number of pyridine rings is 1. The highest BCUT2D eigenvalue weighted by atomic mass is 19.1. The zero-order valence-corrected chi connectivity index (χ0v) is 10.7. The highest BCUT2D eigenvalue weighted by Crippen LogP contribution is 2.11. The van der Waals surface area contributed by atoms with Crippen LogP contribution in [0.3, 0.4) is 0 Å². The van der Waals surface area contributed by atoms with Gasteiger partial charge in [0, 0.05) is 17.3 Å². The molecule has 0 radical (unpaired) electrons. The molecule has 0 aliphatic heterocycles. The summed E-state index contributed by atoms with van der Waals surface area (Å²) in [6.45, 7) is 2.78. The summed E-state index contributed by atoms with van der Waals surface area (Å²) in [6, 6.07) is 10.5. The third kappa shape index (κ3) is 4.11. The van der Waals surface area contributed by atoms with Crippen LogP contribution in [0.1, 0.15) is 24.5 Å². The molecular weight excluding hydrogens is 241 g/mol. The highest BCUT2D eigenvalue weighted by molar-refractivity contribution is 5.43. The van der Waals surface area contributed by atoms with Crippen LogP contribution in [0.5, 0.6) is 5.75 Å². The van der Waals surface area contributed by atoms with Gasteiger partial charge in [0.25, 0.3) is 0 Å². The molecular formula is C16H14FNO. The quantitative estimate of drug-likeness (QED) is 0.619. The lowest BCUT2D eigenvalue weighted by atomic mass is 10.2. The first-order chi connectivity index (χ1) is 9.28. The van der Waals surface area contributed by atoms with Crippen LogP contribution in [-0.4, -0.2) is 11.6 Å². The fourth-order valence-electron chi connectivity index (χ4n) is 1.45. The second-order valence-corrected chi connectivity index (χ2v) is 3.99. The number of hydrogen-bond acceptors (Lipinski definition) is 2. The molecule has 0 aliphatic carbocycles. The van der Waals surface area contributed by atoms with Crippen molar-refractivity contribution < 1.29 is 9.13 Å². The van der Waals surface area contributed by atoms with Gasteiger partial charge in [-0.1, -0.05) is 18.8 Å². The van der Waals surface area contributed by atoms with E-state index < -0.39 is 5.95 Å². The Hall–Kier alpha value is -2.34. The number of ether oxygens (including phenoxy) is 1. The molecule has 0 amide bonds. The van der Waals surface area contributed by atoms with Crippen LogP contribution < -0.4 is 4.74 Å². The number of benzene rings is 1. The zero-order valence-electron chi connectivity index (χ0n) is 10.7. The molecule has 0 fully saturated rings. The van der Waals surface area contributed by atoms with Gasteiger partial charge < -0.3 is 4.74 Å². The van der Waals surface area contributed by atoms with Gasteiger partial charge in [-0.3, -0.25) is 0 Å². The normalized spacial score (nSPS) is 9.58. The lowest BCUT2D eigenvalue weighted by Crippen LogP contribution is -1.94. The van der Waals surface area contributed by atoms with Crippen LogP contribution in [0.4, 0.5) is 4.39 Å². The first-order valence-corrected chi connectivity index (χ1v) is 6.14. The summed E-state index contributed by atoms with van der Waals surface area (Å²) in [4.78, 5) is 3.55. The van der Waals surface area contributed by atoms with Gasteiger partial charge in [-0.25, -0.2) is 4.98 Å². The van der Waals surface area contributed by atoms with E-state index in [1.807, 2.05) is 24.3 Å². The number of aromatic nitrogens is 1. The van der Waals surface area contributed by atoms with Crippen LogP contribution in [0.25, 0.3) is 0 Å². The van der Waals surface area contributed by atoms with Crippen molar-refractivity contribution in [1.29, 1.82) is 0 Å². The zero-order chi connectivity index (χ0) is 13.5. The Bertz CT molecular complexity index is 579. The van der Waals surface area contributed by atoms with Gasteiger partial charge in [0.15, 0.2) is 0 Å². The van der Waals surface area contributed by atoms with E-state index in [1.54, 1.807) is 6.07 Å². The monoisotopic (exact) mass is 255 g/mol. The minimum Gasteiger partial charge on any atom is -0.494 e. The van der Waals surface area contributed by atoms with Crippen molar-refractivity contribution in [2.24, 2.45) is 0 Å². The van der Waals surface area contributed by atoms with E-state index in [-0.39, 0.29) is 0 Å². The van der Waals surface area contributed by atoms with E-state index in [1.165, 1.54) is 12.3 Å². The van der Waals surface area contributed by atoms with Crippen molar-refractivity contribution in [3.8, 4) is 17.6 Å². The molecule has 0 saturated heterocycles. The molecule has 1 aromatic heterocycles. The number of halogens is 1. The van der Waals surface area contributed by atoms with Crippen molar-refractivity contribution in [2.75, 3.05) is 6.61 Å².